The molecule has 0 bridgehead atoms. The SMILES string of the molecule is COP(=O)(C#Cc1c(-c2ccc(F)cc2)c(-c2ccccc2)nn1C(C)C)C[C@@H](O)CC(=O)O. The maximum atomic E-state index is 13.7. The summed E-state index contributed by atoms with van der Waals surface area (Å²) in [6.45, 7) is 3.85. The minimum Gasteiger partial charge on any atom is -0.481 e. The van der Waals surface area contributed by atoms with E-state index in [4.69, 9.17) is 14.7 Å². The van der Waals surface area contributed by atoms with Gasteiger partial charge >= 0.3 is 5.97 Å². The second kappa shape index (κ2) is 10.8. The van der Waals surface area contributed by atoms with Gasteiger partial charge in [-0.1, -0.05) is 42.5 Å². The quantitative estimate of drug-likeness (QED) is 0.344. The molecule has 34 heavy (non-hydrogen) atoms. The Morgan fingerprint density at radius 2 is 1.79 bits per heavy atom. The molecule has 1 unspecified atom stereocenters. The van der Waals surface area contributed by atoms with Crippen molar-refractivity contribution in [2.45, 2.75) is 32.4 Å². The molecule has 0 fully saturated rings. The van der Waals surface area contributed by atoms with E-state index in [-0.39, 0.29) is 11.9 Å². The van der Waals surface area contributed by atoms with Gasteiger partial charge in [-0.25, -0.2) is 4.39 Å². The molecule has 178 valence electrons. The lowest BCUT2D eigenvalue weighted by atomic mass is 9.99. The lowest BCUT2D eigenvalue weighted by Gasteiger charge is -2.13. The summed E-state index contributed by atoms with van der Waals surface area (Å²) in [5, 5.41) is 23.6. The predicted octanol–water partition coefficient (Wildman–Crippen LogP) is 5.01. The van der Waals surface area contributed by atoms with Crippen molar-refractivity contribution in [3.8, 4) is 34.0 Å². The summed E-state index contributed by atoms with van der Waals surface area (Å²) in [7, 11) is -2.48. The average Bonchev–Trinajstić information content (AvgIpc) is 3.18. The zero-order valence-corrected chi connectivity index (χ0v) is 20.0. The van der Waals surface area contributed by atoms with Crippen LogP contribution >= 0.6 is 7.37 Å². The number of hydrogen-bond donors (Lipinski definition) is 2. The van der Waals surface area contributed by atoms with Crippen LogP contribution in [0.4, 0.5) is 4.39 Å². The Morgan fingerprint density at radius 3 is 2.35 bits per heavy atom. The highest BCUT2D eigenvalue weighted by molar-refractivity contribution is 7.64. The molecular weight excluding hydrogens is 458 g/mol. The van der Waals surface area contributed by atoms with Crippen molar-refractivity contribution in [1.82, 2.24) is 9.78 Å². The Kier molecular flexibility index (Phi) is 8.06. The number of nitrogens with zero attached hydrogens (tertiary/aromatic N) is 2. The third kappa shape index (κ3) is 6.00. The van der Waals surface area contributed by atoms with Crippen LogP contribution < -0.4 is 0 Å². The van der Waals surface area contributed by atoms with Crippen molar-refractivity contribution in [2.24, 2.45) is 0 Å². The maximum Gasteiger partial charge on any atom is 0.305 e. The van der Waals surface area contributed by atoms with Gasteiger partial charge in [-0.3, -0.25) is 14.0 Å². The van der Waals surface area contributed by atoms with E-state index in [1.54, 1.807) is 16.8 Å². The van der Waals surface area contributed by atoms with Crippen molar-refractivity contribution in [1.29, 1.82) is 0 Å². The molecule has 2 N–H and O–H groups in total. The van der Waals surface area contributed by atoms with E-state index in [1.807, 2.05) is 44.2 Å². The smallest absolute Gasteiger partial charge is 0.305 e. The fourth-order valence-corrected chi connectivity index (χ4v) is 4.76. The Morgan fingerprint density at radius 1 is 1.15 bits per heavy atom. The highest BCUT2D eigenvalue weighted by Crippen LogP contribution is 2.46. The number of carboxylic acids is 1. The molecular formula is C25H26FN2O5P. The minimum atomic E-state index is -3.69. The molecule has 9 heteroatoms. The molecule has 0 saturated carbocycles. The number of halogens is 1. The van der Waals surface area contributed by atoms with Gasteiger partial charge in [0, 0.05) is 24.3 Å². The molecule has 0 aliphatic heterocycles. The topological polar surface area (TPSA) is 102 Å². The van der Waals surface area contributed by atoms with Crippen LogP contribution in [0.25, 0.3) is 22.4 Å². The summed E-state index contributed by atoms with van der Waals surface area (Å²) < 4.78 is 33.6. The molecule has 3 rings (SSSR count). The van der Waals surface area contributed by atoms with Gasteiger partial charge in [-0.15, -0.1) is 0 Å². The third-order valence-corrected chi connectivity index (χ3v) is 7.03. The molecule has 1 aromatic heterocycles. The van der Waals surface area contributed by atoms with Gasteiger partial charge in [0.05, 0.1) is 18.7 Å². The number of benzene rings is 2. The van der Waals surface area contributed by atoms with Crippen LogP contribution in [-0.2, 0) is 13.9 Å². The summed E-state index contributed by atoms with van der Waals surface area (Å²) in [6.07, 6.45) is -2.36. The van der Waals surface area contributed by atoms with Crippen molar-refractivity contribution in [2.75, 3.05) is 13.3 Å². The van der Waals surface area contributed by atoms with Gasteiger partial charge < -0.3 is 14.7 Å². The number of carbonyl (C=O) groups is 1. The normalized spacial score (nSPS) is 13.7. The van der Waals surface area contributed by atoms with Gasteiger partial charge in [0.25, 0.3) is 7.37 Å². The van der Waals surface area contributed by atoms with Crippen molar-refractivity contribution in [3.63, 3.8) is 0 Å². The summed E-state index contributed by atoms with van der Waals surface area (Å²) in [5.41, 5.74) is 5.87. The monoisotopic (exact) mass is 484 g/mol. The zero-order valence-electron chi connectivity index (χ0n) is 19.1. The third-order valence-electron chi connectivity index (χ3n) is 5.08. The molecule has 1 heterocycles. The summed E-state index contributed by atoms with van der Waals surface area (Å²) in [5.74, 6) is 1.33. The largest absolute Gasteiger partial charge is 0.481 e. The highest BCUT2D eigenvalue weighted by Gasteiger charge is 2.26. The van der Waals surface area contributed by atoms with Gasteiger partial charge in [0.1, 0.15) is 17.2 Å². The number of rotatable bonds is 8. The van der Waals surface area contributed by atoms with E-state index in [0.717, 1.165) is 5.56 Å². The summed E-state index contributed by atoms with van der Waals surface area (Å²) in [4.78, 5) is 10.9. The van der Waals surface area contributed by atoms with Crippen LogP contribution in [-0.4, -0.2) is 45.3 Å². The molecule has 0 aliphatic rings. The molecule has 0 aliphatic carbocycles. The summed E-state index contributed by atoms with van der Waals surface area (Å²) in [6, 6.07) is 15.3. The molecule has 0 spiro atoms. The first-order valence-electron chi connectivity index (χ1n) is 10.7. The fraction of sp³-hybridized carbons (Fsp3) is 0.280. The van der Waals surface area contributed by atoms with Gasteiger partial charge in [0.15, 0.2) is 0 Å². The van der Waals surface area contributed by atoms with Crippen LogP contribution in [0.2, 0.25) is 0 Å². The van der Waals surface area contributed by atoms with Crippen LogP contribution in [0, 0.1) is 17.4 Å². The zero-order chi connectivity index (χ0) is 24.9. The number of carboxylic acid groups (broad SMARTS) is 1. The number of aliphatic carboxylic acids is 1. The highest BCUT2D eigenvalue weighted by atomic mass is 31.2. The minimum absolute atomic E-state index is 0.111. The predicted molar refractivity (Wildman–Crippen MR) is 128 cm³/mol. The number of hydrogen-bond acceptors (Lipinski definition) is 5. The van der Waals surface area contributed by atoms with Crippen molar-refractivity contribution in [3.05, 3.63) is 66.1 Å². The Balaban J connectivity index is 2.20. The van der Waals surface area contributed by atoms with Gasteiger partial charge in [0.2, 0.25) is 0 Å². The van der Waals surface area contributed by atoms with Crippen LogP contribution in [0.3, 0.4) is 0 Å². The van der Waals surface area contributed by atoms with Crippen LogP contribution in [0.1, 0.15) is 32.0 Å². The number of aliphatic hydroxyl groups excluding tert-OH is 1. The first kappa shape index (κ1) is 25.4. The van der Waals surface area contributed by atoms with E-state index in [0.29, 0.717) is 22.5 Å². The molecule has 2 atom stereocenters. The molecule has 3 aromatic rings. The van der Waals surface area contributed by atoms with Crippen molar-refractivity contribution >= 4 is 13.3 Å². The standard InChI is InChI=1S/C25H26FN2O5P/c1-17(2)28-22(13-14-34(32,33-3)16-21(29)15-23(30)31)24(18-9-11-20(26)12-10-18)25(27-28)19-7-5-4-6-8-19/h4-12,17,21,29H,15-16H2,1-3H3,(H,30,31)/t21-,34?/m0/s1. The van der Waals surface area contributed by atoms with Crippen molar-refractivity contribution < 1.29 is 28.5 Å². The van der Waals surface area contributed by atoms with E-state index in [2.05, 4.69) is 11.6 Å². The van der Waals surface area contributed by atoms with Crippen LogP contribution in [0.15, 0.2) is 54.6 Å². The van der Waals surface area contributed by atoms with E-state index in [9.17, 15) is 18.9 Å². The lowest BCUT2D eigenvalue weighted by molar-refractivity contribution is -0.138. The fourth-order valence-electron chi connectivity index (χ4n) is 3.46. The van der Waals surface area contributed by atoms with Gasteiger partial charge in [-0.2, -0.15) is 5.10 Å². The first-order valence-corrected chi connectivity index (χ1v) is 12.5. The lowest BCUT2D eigenvalue weighted by Crippen LogP contribution is -2.17. The summed E-state index contributed by atoms with van der Waals surface area (Å²) >= 11 is 0. The number of aromatic nitrogens is 2. The number of aliphatic hydroxyl groups is 1. The molecule has 0 radical (unpaired) electrons. The molecule has 0 amide bonds. The Hall–Kier alpha value is -3.24. The van der Waals surface area contributed by atoms with Crippen LogP contribution in [0.5, 0.6) is 0 Å². The van der Waals surface area contributed by atoms with Gasteiger partial charge in [-0.05, 0) is 43.1 Å². The molecule has 7 nitrogen and oxygen atoms in total. The first-order chi connectivity index (χ1) is 16.1. The Labute approximate surface area is 197 Å². The molecule has 2 aromatic carbocycles. The van der Waals surface area contributed by atoms with E-state index in [1.165, 1.54) is 19.2 Å². The Bertz CT molecular complexity index is 1260. The molecule has 0 saturated heterocycles. The second-order valence-corrected chi connectivity index (χ2v) is 10.3. The average molecular weight is 484 g/mol. The second-order valence-electron chi connectivity index (χ2n) is 8.01. The van der Waals surface area contributed by atoms with E-state index < -0.39 is 32.0 Å². The maximum absolute atomic E-state index is 13.7. The van der Waals surface area contributed by atoms with E-state index >= 15 is 0 Å².